The van der Waals surface area contributed by atoms with Crippen LogP contribution in [-0.2, 0) is 57.3 Å². The highest BCUT2D eigenvalue weighted by atomic mass is 32.2. The minimum absolute atomic E-state index is 0. The Balaban J connectivity index is 0.000000386. The molecule has 2 aromatic heterocycles. The maximum atomic E-state index is 12.2. The number of hydrogen-bond acceptors (Lipinski definition) is 16. The van der Waals surface area contributed by atoms with Gasteiger partial charge in [-0.1, -0.05) is 111 Å². The molecule has 0 aliphatic carbocycles. The van der Waals surface area contributed by atoms with Crippen molar-refractivity contribution >= 4 is 29.4 Å². The largest absolute Gasteiger partial charge is 0.466 e. The van der Waals surface area contributed by atoms with Crippen LogP contribution in [0.4, 0.5) is 0 Å². The molecule has 5 rings (SSSR count). The number of nitrogens with one attached hydrogen (secondary N) is 5. The molecule has 0 saturated carbocycles. The number of carbonyl (C=O) groups excluding carboxylic acids is 3. The summed E-state index contributed by atoms with van der Waals surface area (Å²) in [4.78, 5) is 36.0. The van der Waals surface area contributed by atoms with Gasteiger partial charge in [0.2, 0.25) is 5.91 Å². The Bertz CT molecular complexity index is 1910. The van der Waals surface area contributed by atoms with Crippen molar-refractivity contribution in [3.63, 3.8) is 0 Å². The number of amides is 1. The molecule has 3 fully saturated rings. The van der Waals surface area contributed by atoms with Crippen LogP contribution in [0.15, 0.2) is 37.2 Å². The number of nitrogens with zero attached hydrogens (tertiary/aromatic N) is 6. The van der Waals surface area contributed by atoms with Gasteiger partial charge in [0.05, 0.1) is 87.9 Å². The Hall–Kier alpha value is -4.20. The molecular weight excluding hydrogens is 959 g/mol. The third kappa shape index (κ3) is 26.5. The van der Waals surface area contributed by atoms with Crippen LogP contribution in [0, 0.1) is 0 Å². The Morgan fingerprint density at radius 2 is 1.20 bits per heavy atom. The van der Waals surface area contributed by atoms with E-state index >= 15 is 0 Å². The monoisotopic (exact) mass is 1060 g/mol. The number of esters is 1. The van der Waals surface area contributed by atoms with Crippen LogP contribution >= 0.6 is 11.8 Å². The van der Waals surface area contributed by atoms with Gasteiger partial charge in [0.1, 0.15) is 5.78 Å². The first-order valence-electron chi connectivity index (χ1n) is 27.5. The molecule has 5 heterocycles. The summed E-state index contributed by atoms with van der Waals surface area (Å²) < 4.78 is 25.6. The summed E-state index contributed by atoms with van der Waals surface area (Å²) in [6, 6.07) is 1.88. The van der Waals surface area contributed by atoms with Crippen molar-refractivity contribution < 1.29 is 33.3 Å². The minimum Gasteiger partial charge on any atom is -0.466 e. The Morgan fingerprint density at radius 3 is 1.85 bits per heavy atom. The van der Waals surface area contributed by atoms with Crippen LogP contribution in [0.25, 0.3) is 0 Å². The zero-order valence-electron chi connectivity index (χ0n) is 45.9. The second-order valence-corrected chi connectivity index (χ2v) is 23.2. The van der Waals surface area contributed by atoms with E-state index in [1.165, 1.54) is 6.42 Å². The summed E-state index contributed by atoms with van der Waals surface area (Å²) in [5, 5.41) is 33.8. The lowest BCUT2D eigenvalue weighted by Gasteiger charge is -2.17. The maximum Gasteiger partial charge on any atom is 0.305 e. The first kappa shape index (κ1) is 64.1. The maximum absolute atomic E-state index is 12.2. The number of Topliss-reactive ketones (excluding diaryl/α,β-unsaturated/α-hetero) is 1. The van der Waals surface area contributed by atoms with Crippen molar-refractivity contribution in [3.8, 4) is 0 Å². The SMILES string of the molecule is C.C=C1N[C@@H](C)[C@@H](CCCCCC(=O)NCCOCCOCCOCCn2cc(C(C)(C)C)nn2)N1.C=C1N[C@H]2[C@H](CS[C@@H]2CCCCC(=O)CCCCCCOC(=O)CCCCCn2cc(C(C)(C)C)nn2)N1. The van der Waals surface area contributed by atoms with Crippen molar-refractivity contribution in [2.45, 2.75) is 225 Å². The molecule has 5 atom stereocenters. The molecule has 0 aromatic carbocycles. The van der Waals surface area contributed by atoms with E-state index in [1.54, 1.807) is 4.68 Å². The molecule has 5 N–H and O–H groups in total. The summed E-state index contributed by atoms with van der Waals surface area (Å²) >= 11 is 2.04. The molecule has 74 heavy (non-hydrogen) atoms. The minimum atomic E-state index is -0.104. The van der Waals surface area contributed by atoms with Crippen molar-refractivity contribution in [3.05, 3.63) is 48.6 Å². The predicted molar refractivity (Wildman–Crippen MR) is 297 cm³/mol. The number of fused-ring (bicyclic) bond motifs is 1. The van der Waals surface area contributed by atoms with E-state index in [2.05, 4.69) is 109 Å². The highest BCUT2D eigenvalue weighted by Gasteiger charge is 2.40. The van der Waals surface area contributed by atoms with Gasteiger partial charge < -0.3 is 45.5 Å². The van der Waals surface area contributed by atoms with Gasteiger partial charge in [0, 0.05) is 85.1 Å². The summed E-state index contributed by atoms with van der Waals surface area (Å²) in [6.45, 7) is 28.4. The van der Waals surface area contributed by atoms with Crippen LogP contribution in [0.3, 0.4) is 0 Å². The lowest BCUT2D eigenvalue weighted by atomic mass is 9.93. The number of ketones is 1. The molecular formula is C55H99N11O7S. The van der Waals surface area contributed by atoms with Crippen molar-refractivity contribution in [1.82, 2.24) is 56.6 Å². The van der Waals surface area contributed by atoms with Crippen LogP contribution in [0.1, 0.15) is 183 Å². The molecule has 19 heteroatoms. The van der Waals surface area contributed by atoms with Gasteiger partial charge >= 0.3 is 5.97 Å². The standard InChI is InChI=1S/C29H49N5O3S.C25H46N6O4.CH4/c1-22-30-24-21-38-25(28(24)31-22)16-11-10-15-23(35)14-8-5-6-13-19-37-27(36)17-9-7-12-18-34-20-26(32-33-34)29(2,3)4;1-20-22(28-21(2)27-20)9-7-6-8-10-24(32)26-11-13-33-15-17-35-18-16-34-14-12-31-19-23(29-30-31)25(3,4)5;/h20,24-25,28,30-31H,1,5-19,21H2,2-4H3;19-20,22,27-28H,2,6-18H2,1,3-5H3,(H,26,32);1H4/t24-,25+,28-;20-,22+;/m00./s1. The van der Waals surface area contributed by atoms with Crippen LogP contribution in [-0.4, -0.2) is 136 Å². The first-order valence-corrected chi connectivity index (χ1v) is 28.6. The fourth-order valence-electron chi connectivity index (χ4n) is 8.77. The van der Waals surface area contributed by atoms with E-state index in [4.69, 9.17) is 18.9 Å². The van der Waals surface area contributed by atoms with E-state index in [0.29, 0.717) is 120 Å². The summed E-state index contributed by atoms with van der Waals surface area (Å²) in [5.41, 5.74) is 1.99. The van der Waals surface area contributed by atoms with E-state index in [0.717, 1.165) is 119 Å². The number of aromatic nitrogens is 6. The zero-order valence-corrected chi connectivity index (χ0v) is 46.7. The Kier molecular flexibility index (Phi) is 30.5. The lowest BCUT2D eigenvalue weighted by molar-refractivity contribution is -0.144. The fourth-order valence-corrected chi connectivity index (χ4v) is 10.3. The van der Waals surface area contributed by atoms with E-state index < -0.39 is 0 Å². The zero-order chi connectivity index (χ0) is 52.9. The number of ether oxygens (including phenoxy) is 4. The molecule has 2 aromatic rings. The molecule has 3 aliphatic rings. The highest BCUT2D eigenvalue weighted by molar-refractivity contribution is 8.00. The topological polar surface area (TPSA) is 210 Å². The number of hydrogen-bond donors (Lipinski definition) is 5. The van der Waals surface area contributed by atoms with Crippen molar-refractivity contribution in [2.24, 2.45) is 0 Å². The number of unbranched alkanes of at least 4 members (excludes halogenated alkanes) is 8. The molecule has 1 amide bonds. The summed E-state index contributed by atoms with van der Waals surface area (Å²) in [5.74, 6) is 3.39. The molecule has 3 saturated heterocycles. The average molecular weight is 1060 g/mol. The van der Waals surface area contributed by atoms with Gasteiger partial charge in [-0.15, -0.1) is 10.2 Å². The fraction of sp³-hybridized carbons (Fsp3) is 0.800. The van der Waals surface area contributed by atoms with Crippen LogP contribution in [0.5, 0.6) is 0 Å². The molecule has 0 unspecified atom stereocenters. The molecule has 3 aliphatic heterocycles. The number of rotatable bonds is 36. The second-order valence-electron chi connectivity index (χ2n) is 21.9. The second kappa shape index (κ2) is 35.2. The molecule has 18 nitrogen and oxygen atoms in total. The summed E-state index contributed by atoms with van der Waals surface area (Å²) in [7, 11) is 0. The van der Waals surface area contributed by atoms with Gasteiger partial charge in [-0.3, -0.25) is 19.1 Å². The summed E-state index contributed by atoms with van der Waals surface area (Å²) in [6.07, 6.45) is 20.5. The van der Waals surface area contributed by atoms with Gasteiger partial charge in [0.15, 0.2) is 0 Å². The van der Waals surface area contributed by atoms with Gasteiger partial charge in [-0.05, 0) is 58.3 Å². The number of carbonyl (C=O) groups is 3. The van der Waals surface area contributed by atoms with E-state index in [9.17, 15) is 14.4 Å². The predicted octanol–water partition coefficient (Wildman–Crippen LogP) is 8.03. The lowest BCUT2D eigenvalue weighted by Crippen LogP contribution is -2.36. The van der Waals surface area contributed by atoms with Gasteiger partial charge in [-0.2, -0.15) is 11.8 Å². The van der Waals surface area contributed by atoms with Crippen molar-refractivity contribution in [2.75, 3.05) is 58.5 Å². The van der Waals surface area contributed by atoms with Gasteiger partial charge in [0.25, 0.3) is 0 Å². The van der Waals surface area contributed by atoms with Crippen molar-refractivity contribution in [1.29, 1.82) is 0 Å². The van der Waals surface area contributed by atoms with E-state index in [1.807, 2.05) is 28.8 Å². The molecule has 0 bridgehead atoms. The quantitative estimate of drug-likeness (QED) is 0.0323. The van der Waals surface area contributed by atoms with Gasteiger partial charge in [-0.25, -0.2) is 4.68 Å². The number of thioether (sulfide) groups is 1. The third-order valence-electron chi connectivity index (χ3n) is 13.3. The van der Waals surface area contributed by atoms with E-state index in [-0.39, 0.29) is 30.1 Å². The smallest absolute Gasteiger partial charge is 0.305 e. The molecule has 0 spiro atoms. The molecule has 422 valence electrons. The average Bonchev–Trinajstić information content (AvgIpc) is 4.19. The molecule has 0 radical (unpaired) electrons. The van der Waals surface area contributed by atoms with Crippen LogP contribution in [0.2, 0.25) is 0 Å². The highest BCUT2D eigenvalue weighted by Crippen LogP contribution is 2.34. The number of aryl methyl sites for hydroxylation is 1. The first-order chi connectivity index (χ1) is 35.0. The Morgan fingerprint density at radius 1 is 0.649 bits per heavy atom. The van der Waals surface area contributed by atoms with Crippen LogP contribution < -0.4 is 26.6 Å². The Labute approximate surface area is 449 Å². The normalized spacial score (nSPS) is 19.1. The third-order valence-corrected chi connectivity index (χ3v) is 14.8.